The van der Waals surface area contributed by atoms with E-state index in [9.17, 15) is 19.5 Å². The summed E-state index contributed by atoms with van der Waals surface area (Å²) in [6.07, 6.45) is 4.50. The van der Waals surface area contributed by atoms with Gasteiger partial charge in [0.25, 0.3) is 0 Å². The molecule has 35 heavy (non-hydrogen) atoms. The third-order valence-electron chi connectivity index (χ3n) is 7.54. The second kappa shape index (κ2) is 9.95. The third-order valence-corrected chi connectivity index (χ3v) is 7.54. The smallest absolute Gasteiger partial charge is 0.313 e. The van der Waals surface area contributed by atoms with E-state index in [0.29, 0.717) is 32.4 Å². The number of aliphatic hydroxyl groups excluding tert-OH is 1. The molecule has 2 bridgehead atoms. The van der Waals surface area contributed by atoms with Gasteiger partial charge in [0.15, 0.2) is 0 Å². The van der Waals surface area contributed by atoms with Crippen LogP contribution in [0.15, 0.2) is 55.6 Å². The molecule has 2 amide bonds. The van der Waals surface area contributed by atoms with E-state index in [1.54, 1.807) is 11.0 Å². The number of carbonyl (C=O) groups excluding carboxylic acids is 3. The number of likely N-dealkylation sites (tertiary alicyclic amines) is 1. The fourth-order valence-electron chi connectivity index (χ4n) is 6.14. The number of amides is 2. The van der Waals surface area contributed by atoms with Crippen molar-refractivity contribution in [3.05, 3.63) is 61.2 Å². The molecule has 1 aromatic carbocycles. The molecule has 2 unspecified atom stereocenters. The average Bonchev–Trinajstić information content (AvgIpc) is 3.42. The number of fused-ring (bicyclic) bond motifs is 1. The zero-order chi connectivity index (χ0) is 25.2. The van der Waals surface area contributed by atoms with Crippen LogP contribution in [0.2, 0.25) is 0 Å². The highest BCUT2D eigenvalue weighted by Crippen LogP contribution is 2.63. The summed E-state index contributed by atoms with van der Waals surface area (Å²) in [5.41, 5.74) is -1.05. The van der Waals surface area contributed by atoms with Gasteiger partial charge < -0.3 is 24.4 Å². The monoisotopic (exact) mass is 482 g/mol. The molecule has 0 radical (unpaired) electrons. The molecule has 0 aromatic heterocycles. The molecule has 3 fully saturated rings. The molecule has 3 aliphatic heterocycles. The minimum Gasteiger partial charge on any atom is -0.461 e. The van der Waals surface area contributed by atoms with Crippen LogP contribution in [0.1, 0.15) is 31.7 Å². The summed E-state index contributed by atoms with van der Waals surface area (Å²) in [4.78, 5) is 44.2. The molecule has 0 saturated carbocycles. The number of hydrogen-bond acceptors (Lipinski definition) is 6. The number of rotatable bonds is 11. The summed E-state index contributed by atoms with van der Waals surface area (Å²) in [6.45, 7) is 10.0. The zero-order valence-corrected chi connectivity index (χ0v) is 20.2. The van der Waals surface area contributed by atoms with E-state index >= 15 is 0 Å². The van der Waals surface area contributed by atoms with Crippen molar-refractivity contribution < 1.29 is 29.0 Å². The van der Waals surface area contributed by atoms with Crippen LogP contribution in [0, 0.1) is 11.8 Å². The van der Waals surface area contributed by atoms with E-state index in [0.717, 1.165) is 5.56 Å². The Morgan fingerprint density at radius 3 is 2.66 bits per heavy atom. The Morgan fingerprint density at radius 2 is 2.00 bits per heavy atom. The standard InChI is InChI=1S/C27H34N2O6/c1-4-14-28(18-19-10-7-6-8-11-19)24(32)22-27-13-12-26(3,35-27)21(25(33)34-17-5-2)20(27)23(31)29(22)15-9-16-30/h4-8,10-11,20-22,30H,1-2,9,12-18H2,3H3/t20-,21-,22?,26+,27?/m0/s1. The molecule has 8 nitrogen and oxygen atoms in total. The van der Waals surface area contributed by atoms with Gasteiger partial charge in [-0.3, -0.25) is 14.4 Å². The topological polar surface area (TPSA) is 96.4 Å². The molecule has 1 spiro atoms. The van der Waals surface area contributed by atoms with Gasteiger partial charge in [-0.05, 0) is 31.7 Å². The molecule has 1 aromatic rings. The van der Waals surface area contributed by atoms with Crippen LogP contribution in [0.3, 0.4) is 0 Å². The van der Waals surface area contributed by atoms with Gasteiger partial charge in [0, 0.05) is 26.2 Å². The maximum Gasteiger partial charge on any atom is 0.313 e. The van der Waals surface area contributed by atoms with Gasteiger partial charge in [0.1, 0.15) is 24.2 Å². The van der Waals surface area contributed by atoms with Crippen molar-refractivity contribution in [2.45, 2.75) is 50.0 Å². The summed E-state index contributed by atoms with van der Waals surface area (Å²) < 4.78 is 11.9. The normalized spacial score (nSPS) is 30.7. The largest absolute Gasteiger partial charge is 0.461 e. The van der Waals surface area contributed by atoms with Crippen LogP contribution < -0.4 is 0 Å². The van der Waals surface area contributed by atoms with Crippen molar-refractivity contribution >= 4 is 17.8 Å². The first kappa shape index (κ1) is 25.1. The Labute approximate surface area is 206 Å². The third kappa shape index (κ3) is 4.19. The van der Waals surface area contributed by atoms with E-state index in [1.807, 2.05) is 37.3 Å². The molecular formula is C27H34N2O6. The molecular weight excluding hydrogens is 448 g/mol. The van der Waals surface area contributed by atoms with E-state index in [-0.39, 0.29) is 31.6 Å². The summed E-state index contributed by atoms with van der Waals surface area (Å²) in [7, 11) is 0. The Kier molecular flexibility index (Phi) is 7.15. The summed E-state index contributed by atoms with van der Waals surface area (Å²) in [5.74, 6) is -2.66. The first-order chi connectivity index (χ1) is 16.8. The highest BCUT2D eigenvalue weighted by molar-refractivity contribution is 5.98. The van der Waals surface area contributed by atoms with Gasteiger partial charge in [-0.1, -0.05) is 49.1 Å². The fraction of sp³-hybridized carbons (Fsp3) is 0.519. The van der Waals surface area contributed by atoms with Crippen molar-refractivity contribution in [3.63, 3.8) is 0 Å². The molecule has 5 atom stereocenters. The molecule has 3 aliphatic rings. The van der Waals surface area contributed by atoms with Gasteiger partial charge >= 0.3 is 5.97 Å². The first-order valence-corrected chi connectivity index (χ1v) is 12.2. The van der Waals surface area contributed by atoms with Crippen LogP contribution in [0.4, 0.5) is 0 Å². The van der Waals surface area contributed by atoms with Gasteiger partial charge in [-0.15, -0.1) is 6.58 Å². The average molecular weight is 483 g/mol. The Hall–Kier alpha value is -2.97. The van der Waals surface area contributed by atoms with Gasteiger partial charge in [0.2, 0.25) is 11.8 Å². The van der Waals surface area contributed by atoms with Crippen molar-refractivity contribution in [3.8, 4) is 0 Å². The van der Waals surface area contributed by atoms with Gasteiger partial charge in [-0.25, -0.2) is 0 Å². The predicted octanol–water partition coefficient (Wildman–Crippen LogP) is 2.08. The quantitative estimate of drug-likeness (QED) is 0.383. The molecule has 3 saturated heterocycles. The van der Waals surface area contributed by atoms with Crippen LogP contribution in [0.5, 0.6) is 0 Å². The van der Waals surface area contributed by atoms with Crippen LogP contribution >= 0.6 is 0 Å². The minimum atomic E-state index is -1.12. The Balaban J connectivity index is 1.72. The number of ether oxygens (including phenoxy) is 2. The van der Waals surface area contributed by atoms with Gasteiger partial charge in [0.05, 0.1) is 11.5 Å². The van der Waals surface area contributed by atoms with Crippen LogP contribution in [-0.2, 0) is 30.4 Å². The summed E-state index contributed by atoms with van der Waals surface area (Å²) in [5, 5.41) is 9.48. The number of aliphatic hydroxyl groups is 1. The minimum absolute atomic E-state index is 0.0418. The number of carbonyl (C=O) groups is 3. The van der Waals surface area contributed by atoms with E-state index in [4.69, 9.17) is 9.47 Å². The van der Waals surface area contributed by atoms with E-state index in [2.05, 4.69) is 13.2 Å². The molecule has 188 valence electrons. The van der Waals surface area contributed by atoms with E-state index < -0.39 is 35.0 Å². The first-order valence-electron chi connectivity index (χ1n) is 12.2. The van der Waals surface area contributed by atoms with Crippen molar-refractivity contribution in [1.29, 1.82) is 0 Å². The molecule has 1 N–H and O–H groups in total. The lowest BCUT2D eigenvalue weighted by molar-refractivity contribution is -0.159. The highest BCUT2D eigenvalue weighted by atomic mass is 16.6. The lowest BCUT2D eigenvalue weighted by atomic mass is 9.66. The lowest BCUT2D eigenvalue weighted by Crippen LogP contribution is -2.56. The second-order valence-corrected chi connectivity index (χ2v) is 9.75. The molecule has 3 heterocycles. The fourth-order valence-corrected chi connectivity index (χ4v) is 6.14. The summed E-state index contributed by atoms with van der Waals surface area (Å²) in [6, 6.07) is 8.73. The zero-order valence-electron chi connectivity index (χ0n) is 20.2. The van der Waals surface area contributed by atoms with Crippen LogP contribution in [-0.4, -0.2) is 76.2 Å². The molecule has 4 rings (SSSR count). The van der Waals surface area contributed by atoms with Crippen molar-refractivity contribution in [2.24, 2.45) is 11.8 Å². The Bertz CT molecular complexity index is 997. The molecule has 0 aliphatic carbocycles. The van der Waals surface area contributed by atoms with Crippen molar-refractivity contribution in [1.82, 2.24) is 9.80 Å². The predicted molar refractivity (Wildman–Crippen MR) is 129 cm³/mol. The lowest BCUT2D eigenvalue weighted by Gasteiger charge is -2.36. The number of benzene rings is 1. The van der Waals surface area contributed by atoms with Crippen LogP contribution in [0.25, 0.3) is 0 Å². The van der Waals surface area contributed by atoms with Crippen molar-refractivity contribution in [2.75, 3.05) is 26.3 Å². The second-order valence-electron chi connectivity index (χ2n) is 9.75. The number of nitrogens with zero attached hydrogens (tertiary/aromatic N) is 2. The number of esters is 1. The SMILES string of the molecule is C=CCOC(=O)[C@@H]1[C@H]2C(=O)N(CCCO)C(C(=O)N(CC=C)Cc3ccccc3)C23CC[C@@]1(C)O3. The van der Waals surface area contributed by atoms with Gasteiger partial charge in [-0.2, -0.15) is 0 Å². The molecule has 8 heteroatoms. The summed E-state index contributed by atoms with van der Waals surface area (Å²) >= 11 is 0. The van der Waals surface area contributed by atoms with E-state index in [1.165, 1.54) is 11.0 Å². The number of hydrogen-bond donors (Lipinski definition) is 1. The highest BCUT2D eigenvalue weighted by Gasteiger charge is 2.78. The maximum absolute atomic E-state index is 14.1. The Morgan fingerprint density at radius 1 is 1.26 bits per heavy atom. The maximum atomic E-state index is 14.1.